The van der Waals surface area contributed by atoms with Crippen LogP contribution in [0.4, 0.5) is 5.95 Å². The van der Waals surface area contributed by atoms with Crippen LogP contribution in [0.25, 0.3) is 22.2 Å². The number of nitrogens with one attached hydrogen (secondary N) is 3. The number of rotatable bonds is 8. The van der Waals surface area contributed by atoms with Crippen LogP contribution in [0.15, 0.2) is 66.1 Å². The van der Waals surface area contributed by atoms with Gasteiger partial charge in [-0.2, -0.15) is 4.98 Å². The molecule has 40 heavy (non-hydrogen) atoms. The van der Waals surface area contributed by atoms with E-state index in [9.17, 15) is 9.59 Å². The van der Waals surface area contributed by atoms with Crippen molar-refractivity contribution in [3.05, 3.63) is 87.3 Å². The van der Waals surface area contributed by atoms with E-state index >= 15 is 0 Å². The molecule has 0 saturated carbocycles. The molecule has 1 amide bonds. The highest BCUT2D eigenvalue weighted by atomic mass is 35.5. The van der Waals surface area contributed by atoms with E-state index in [2.05, 4.69) is 32.2 Å². The third kappa shape index (κ3) is 5.21. The molecule has 2 aromatic heterocycles. The molecule has 1 saturated heterocycles. The van der Waals surface area contributed by atoms with E-state index in [-0.39, 0.29) is 57.4 Å². The third-order valence-electron chi connectivity index (χ3n) is 6.59. The molecule has 1 unspecified atom stereocenters. The van der Waals surface area contributed by atoms with Gasteiger partial charge >= 0.3 is 0 Å². The van der Waals surface area contributed by atoms with Gasteiger partial charge in [-0.25, -0.2) is 4.98 Å². The van der Waals surface area contributed by atoms with Crippen molar-refractivity contribution in [3.8, 4) is 22.6 Å². The maximum atomic E-state index is 13.2. The van der Waals surface area contributed by atoms with E-state index in [1.807, 2.05) is 30.3 Å². The fraction of sp³-hybridized carbons (Fsp3) is 0.214. The van der Waals surface area contributed by atoms with Gasteiger partial charge in [-0.15, -0.1) is 0 Å². The number of ether oxygens (including phenoxy) is 3. The summed E-state index contributed by atoms with van der Waals surface area (Å²) in [7, 11) is 2.91. The molecule has 0 bridgehead atoms. The smallest absolute Gasteiger partial charge is 0.257 e. The van der Waals surface area contributed by atoms with Crippen LogP contribution in [0.1, 0.15) is 11.7 Å². The van der Waals surface area contributed by atoms with Crippen LogP contribution in [0.3, 0.4) is 0 Å². The Morgan fingerprint density at radius 3 is 2.50 bits per heavy atom. The summed E-state index contributed by atoms with van der Waals surface area (Å²) >= 11 is 13.1. The number of carbonyl (C=O) groups is 1. The largest absolute Gasteiger partial charge is 0.495 e. The Morgan fingerprint density at radius 2 is 1.85 bits per heavy atom. The third-order valence-corrected chi connectivity index (χ3v) is 7.34. The lowest BCUT2D eigenvalue weighted by Crippen LogP contribution is -2.46. The lowest BCUT2D eigenvalue weighted by atomic mass is 9.99. The first-order chi connectivity index (χ1) is 19.3. The molecular formula is C28H25Cl2N5O5. The van der Waals surface area contributed by atoms with E-state index in [1.165, 1.54) is 20.3 Å². The molecule has 4 aromatic rings. The Morgan fingerprint density at radius 1 is 1.15 bits per heavy atom. The van der Waals surface area contributed by atoms with Crippen LogP contribution in [0.2, 0.25) is 10.0 Å². The molecule has 3 heterocycles. The van der Waals surface area contributed by atoms with Gasteiger partial charge in [-0.3, -0.25) is 9.59 Å². The maximum Gasteiger partial charge on any atom is 0.257 e. The first kappa shape index (κ1) is 27.4. The van der Waals surface area contributed by atoms with Gasteiger partial charge in [0, 0.05) is 23.2 Å². The van der Waals surface area contributed by atoms with E-state index in [4.69, 9.17) is 37.4 Å². The molecule has 206 valence electrons. The minimum atomic E-state index is -0.473. The number of halogens is 2. The topological polar surface area (TPSA) is 127 Å². The number of anilines is 1. The number of fused-ring (bicyclic) bond motifs is 1. The average molecular weight is 582 g/mol. The first-order valence-corrected chi connectivity index (χ1v) is 13.0. The molecule has 2 aromatic carbocycles. The molecule has 0 aliphatic carbocycles. The summed E-state index contributed by atoms with van der Waals surface area (Å²) in [6.07, 6.45) is 2.39. The van der Waals surface area contributed by atoms with Gasteiger partial charge in [0.15, 0.2) is 0 Å². The summed E-state index contributed by atoms with van der Waals surface area (Å²) in [6.45, 7) is 3.80. The number of carbonyl (C=O) groups excluding carboxylic acids is 1. The van der Waals surface area contributed by atoms with Gasteiger partial charge < -0.3 is 29.8 Å². The summed E-state index contributed by atoms with van der Waals surface area (Å²) in [6, 6.07) is 12.0. The van der Waals surface area contributed by atoms with Gasteiger partial charge in [0.05, 0.1) is 48.5 Å². The average Bonchev–Trinajstić information content (AvgIpc) is 3.35. The molecule has 0 radical (unpaired) electrons. The number of aromatic amines is 1. The number of amides is 1. The predicted octanol–water partition coefficient (Wildman–Crippen LogP) is 4.53. The van der Waals surface area contributed by atoms with E-state index in [1.54, 1.807) is 18.3 Å². The monoisotopic (exact) mass is 581 g/mol. The van der Waals surface area contributed by atoms with Crippen molar-refractivity contribution in [1.29, 1.82) is 0 Å². The van der Waals surface area contributed by atoms with Crippen molar-refractivity contribution in [1.82, 2.24) is 20.3 Å². The molecule has 3 N–H and O–H groups in total. The highest BCUT2D eigenvalue weighted by molar-refractivity contribution is 6.41. The minimum absolute atomic E-state index is 0.165. The van der Waals surface area contributed by atoms with Crippen molar-refractivity contribution >= 4 is 46.1 Å². The quantitative estimate of drug-likeness (QED) is 0.259. The molecule has 1 aliphatic heterocycles. The number of aromatic nitrogens is 3. The Hall–Kier alpha value is -4.12. The first-order valence-electron chi connectivity index (χ1n) is 12.2. The molecule has 12 heteroatoms. The van der Waals surface area contributed by atoms with Gasteiger partial charge in [0.1, 0.15) is 23.3 Å². The molecule has 10 nitrogen and oxygen atoms in total. The number of hydrogen-bond donors (Lipinski definition) is 3. The molecular weight excluding hydrogens is 557 g/mol. The summed E-state index contributed by atoms with van der Waals surface area (Å²) in [5.74, 6) is 0.525. The zero-order valence-corrected chi connectivity index (χ0v) is 23.0. The second kappa shape index (κ2) is 11.5. The molecule has 1 aliphatic rings. The zero-order valence-electron chi connectivity index (χ0n) is 21.5. The number of pyridine rings is 1. The van der Waals surface area contributed by atoms with Crippen molar-refractivity contribution < 1.29 is 19.0 Å². The van der Waals surface area contributed by atoms with Gasteiger partial charge in [-0.1, -0.05) is 60.1 Å². The second-order valence-corrected chi connectivity index (χ2v) is 9.70. The normalized spacial score (nSPS) is 18.4. The fourth-order valence-corrected chi connectivity index (χ4v) is 5.34. The standard InChI is InChI=1S/C28H25Cl2N5O5/c1-4-20(36)32-17-13-40-25(14-8-6-5-7-9-14)24(17)33-28-31-12-15-10-16(27(37)34-26(15)35-28)21-22(29)18(38-2)11-19(39-3)23(21)30/h4-12,17,24-25H,1,13H2,2-3H3,(H,32,36)(H2,31,33,34,35,37)/t17-,24-,25?/m0/s1. The number of nitrogens with zero attached hydrogens (tertiary/aromatic N) is 2. The second-order valence-electron chi connectivity index (χ2n) is 8.95. The van der Waals surface area contributed by atoms with Gasteiger partial charge in [0.2, 0.25) is 11.9 Å². The Labute approximate surface area is 239 Å². The Bertz CT molecular complexity index is 1620. The fourth-order valence-electron chi connectivity index (χ4n) is 4.64. The van der Waals surface area contributed by atoms with Crippen molar-refractivity contribution in [2.75, 3.05) is 26.1 Å². The predicted molar refractivity (Wildman–Crippen MR) is 153 cm³/mol. The van der Waals surface area contributed by atoms with Gasteiger partial charge in [0.25, 0.3) is 5.56 Å². The van der Waals surface area contributed by atoms with Crippen LogP contribution in [0.5, 0.6) is 11.5 Å². The Kier molecular flexibility index (Phi) is 7.92. The lowest BCUT2D eigenvalue weighted by Gasteiger charge is -2.25. The Balaban J connectivity index is 1.52. The molecule has 1 fully saturated rings. The van der Waals surface area contributed by atoms with E-state index in [0.29, 0.717) is 16.9 Å². The highest BCUT2D eigenvalue weighted by Gasteiger charge is 2.39. The van der Waals surface area contributed by atoms with Crippen molar-refractivity contribution in [2.24, 2.45) is 0 Å². The van der Waals surface area contributed by atoms with Crippen LogP contribution >= 0.6 is 23.2 Å². The SMILES string of the molecule is C=CC(=O)N[C@H]1COC(c2ccccc2)[C@H]1Nc1ncc2cc(-c3c(Cl)c(OC)cc(OC)c3Cl)c(=O)[nH]c2n1. The molecule has 3 atom stereocenters. The number of hydrogen-bond acceptors (Lipinski definition) is 8. The lowest BCUT2D eigenvalue weighted by molar-refractivity contribution is -0.117. The van der Waals surface area contributed by atoms with Crippen LogP contribution in [-0.4, -0.2) is 53.8 Å². The number of benzene rings is 2. The summed E-state index contributed by atoms with van der Waals surface area (Å²) in [5, 5.41) is 7.04. The number of H-pyrrole nitrogens is 1. The van der Waals surface area contributed by atoms with Crippen molar-refractivity contribution in [3.63, 3.8) is 0 Å². The summed E-state index contributed by atoms with van der Waals surface area (Å²) < 4.78 is 16.7. The van der Waals surface area contributed by atoms with Crippen molar-refractivity contribution in [2.45, 2.75) is 18.2 Å². The van der Waals surface area contributed by atoms with Crippen LogP contribution < -0.4 is 25.7 Å². The highest BCUT2D eigenvalue weighted by Crippen LogP contribution is 2.45. The molecule has 5 rings (SSSR count). The van der Waals surface area contributed by atoms with Crippen LogP contribution in [-0.2, 0) is 9.53 Å². The molecule has 0 spiro atoms. The van der Waals surface area contributed by atoms with Gasteiger partial charge in [-0.05, 0) is 17.7 Å². The number of methoxy groups -OCH3 is 2. The van der Waals surface area contributed by atoms with E-state index in [0.717, 1.165) is 5.56 Å². The summed E-state index contributed by atoms with van der Waals surface area (Å²) in [4.78, 5) is 37.1. The van der Waals surface area contributed by atoms with E-state index < -0.39 is 11.6 Å². The maximum absolute atomic E-state index is 13.2. The summed E-state index contributed by atoms with van der Waals surface area (Å²) in [5.41, 5.74) is 1.20. The minimum Gasteiger partial charge on any atom is -0.495 e. The van der Waals surface area contributed by atoms with Crippen LogP contribution in [0, 0.1) is 0 Å². The zero-order chi connectivity index (χ0) is 28.4.